The van der Waals surface area contributed by atoms with E-state index in [1.807, 2.05) is 0 Å². The van der Waals surface area contributed by atoms with E-state index in [1.54, 1.807) is 0 Å². The Labute approximate surface area is 69.4 Å². The molecule has 0 bridgehead atoms. The second-order valence-electron chi connectivity index (χ2n) is 0.283. The molecule has 0 aliphatic rings. The average Bonchev–Trinajstić information content (AvgIpc) is 1.41. The van der Waals surface area contributed by atoms with E-state index in [4.69, 9.17) is 17.1 Å². The van der Waals surface area contributed by atoms with Gasteiger partial charge in [-0.05, 0) is 0 Å². The Morgan fingerprint density at radius 2 is 1.43 bits per heavy atom. The summed E-state index contributed by atoms with van der Waals surface area (Å²) in [5.74, 6) is 0. The SMILES string of the molecule is O=[Si](O)O.[H-].[Li+].[O]=[SbH]. The molecular formula is H4LiO4SbSi. The Balaban J connectivity index is -0.0000000183. The summed E-state index contributed by atoms with van der Waals surface area (Å²) in [6.45, 7) is 0. The van der Waals surface area contributed by atoms with Crippen LogP contribution in [0.1, 0.15) is 1.43 Å². The van der Waals surface area contributed by atoms with E-state index < -0.39 is 9.17 Å². The first kappa shape index (κ1) is 15.7. The van der Waals surface area contributed by atoms with E-state index in [1.165, 1.54) is 0 Å². The quantitative estimate of drug-likeness (QED) is 0.404. The molecule has 4 nitrogen and oxygen atoms in total. The Morgan fingerprint density at radius 3 is 1.43 bits per heavy atom. The van der Waals surface area contributed by atoms with Crippen molar-refractivity contribution in [3.63, 3.8) is 0 Å². The van der Waals surface area contributed by atoms with Gasteiger partial charge in [-0.3, -0.25) is 4.46 Å². The van der Waals surface area contributed by atoms with Gasteiger partial charge in [-0.15, -0.1) is 0 Å². The van der Waals surface area contributed by atoms with Crippen LogP contribution in [0.3, 0.4) is 0 Å². The molecule has 0 heterocycles. The van der Waals surface area contributed by atoms with Gasteiger partial charge < -0.3 is 11.0 Å². The summed E-state index contributed by atoms with van der Waals surface area (Å²) in [7, 11) is -3.13. The van der Waals surface area contributed by atoms with Gasteiger partial charge in [0.05, 0.1) is 0 Å². The summed E-state index contributed by atoms with van der Waals surface area (Å²) in [5.41, 5.74) is 0. The van der Waals surface area contributed by atoms with Crippen LogP contribution in [0.15, 0.2) is 0 Å². The molecule has 0 saturated carbocycles. The molecule has 0 aromatic heterocycles. The van der Waals surface area contributed by atoms with Crippen LogP contribution in [0.5, 0.6) is 0 Å². The third-order valence-corrected chi connectivity index (χ3v) is 0. The van der Waals surface area contributed by atoms with Crippen molar-refractivity contribution in [3.8, 4) is 0 Å². The average molecular weight is 225 g/mol. The third kappa shape index (κ3) is 230. The van der Waals surface area contributed by atoms with Crippen LogP contribution < -0.4 is 18.9 Å². The maximum absolute atomic E-state index is 8.74. The molecule has 0 aromatic rings. The molecule has 0 rings (SSSR count). The molecule has 0 atom stereocenters. The van der Waals surface area contributed by atoms with Crippen LogP contribution in [0.25, 0.3) is 0 Å². The second kappa shape index (κ2) is 15.8. The molecule has 0 aromatic carbocycles. The molecule has 0 amide bonds. The van der Waals surface area contributed by atoms with Crippen LogP contribution >= 0.6 is 0 Å². The van der Waals surface area contributed by atoms with Crippen LogP contribution in [-0.4, -0.2) is 41.8 Å². The van der Waals surface area contributed by atoms with Gasteiger partial charge in [-0.1, -0.05) is 0 Å². The molecule has 38 valence electrons. The van der Waals surface area contributed by atoms with Crippen molar-refractivity contribution in [3.05, 3.63) is 0 Å². The zero-order valence-electron chi connectivity index (χ0n) is 4.71. The predicted octanol–water partition coefficient (Wildman–Crippen LogP) is -5.26. The zero-order valence-corrected chi connectivity index (χ0v) is 7.57. The standard InChI is InChI=1S/Li.H2O3Si.O.Sb.2H/c;1-4(2)3;;;;/h;1-2H;;;;/q+1;;;;;-1. The summed E-state index contributed by atoms with van der Waals surface area (Å²) < 4.78 is 17.1. The van der Waals surface area contributed by atoms with Crippen molar-refractivity contribution < 1.29 is 37.4 Å². The molecule has 2 N–H and O–H groups in total. The fourth-order valence-corrected chi connectivity index (χ4v) is 0. The summed E-state index contributed by atoms with van der Waals surface area (Å²) in [6.07, 6.45) is 0. The fraction of sp³-hybridized carbons (Fsp3) is 0. The molecule has 0 saturated heterocycles. The van der Waals surface area contributed by atoms with Crippen LogP contribution in [0, 0.1) is 0 Å². The van der Waals surface area contributed by atoms with E-state index in [2.05, 4.69) is 0 Å². The second-order valence-corrected chi connectivity index (χ2v) is 0.848. The molecule has 0 radical (unpaired) electrons. The number of hydrogen-bond donors (Lipinski definition) is 2. The molecule has 0 fully saturated rings. The van der Waals surface area contributed by atoms with Crippen molar-refractivity contribution in [1.82, 2.24) is 0 Å². The van der Waals surface area contributed by atoms with Gasteiger partial charge in [0.15, 0.2) is 0 Å². The number of rotatable bonds is 0. The van der Waals surface area contributed by atoms with E-state index in [-0.39, 0.29) is 20.3 Å². The van der Waals surface area contributed by atoms with Crippen LogP contribution in [0.2, 0.25) is 0 Å². The van der Waals surface area contributed by atoms with Crippen molar-refractivity contribution in [1.29, 1.82) is 0 Å². The van der Waals surface area contributed by atoms with Gasteiger partial charge in [-0.25, -0.2) is 0 Å². The van der Waals surface area contributed by atoms with E-state index >= 15 is 0 Å². The van der Waals surface area contributed by atoms with Crippen molar-refractivity contribution in [2.24, 2.45) is 0 Å². The molecule has 0 unspecified atom stereocenters. The van der Waals surface area contributed by atoms with E-state index in [9.17, 15) is 0 Å². The Kier molecular flexibility index (Phi) is 35.4. The third-order valence-electron chi connectivity index (χ3n) is 0. The maximum atomic E-state index is 8.74. The molecular weight excluding hydrogens is 221 g/mol. The predicted molar refractivity (Wildman–Crippen MR) is 19.8 cm³/mol. The minimum atomic E-state index is -3.13. The molecule has 7 heteroatoms. The summed E-state index contributed by atoms with van der Waals surface area (Å²) in [6, 6.07) is 0. The van der Waals surface area contributed by atoms with E-state index in [0.717, 1.165) is 0 Å². The normalized spacial score (nSPS) is 4.00. The van der Waals surface area contributed by atoms with Crippen LogP contribution in [-0.2, 0) is 7.48 Å². The van der Waals surface area contributed by atoms with Crippen molar-refractivity contribution >= 4 is 32.2 Å². The van der Waals surface area contributed by atoms with Gasteiger partial charge in [0.1, 0.15) is 0 Å². The minimum absolute atomic E-state index is 0. The van der Waals surface area contributed by atoms with Gasteiger partial charge in [0.2, 0.25) is 0 Å². The molecule has 0 spiro atoms. The first-order chi connectivity index (χ1) is 2.73. The van der Waals surface area contributed by atoms with Gasteiger partial charge >= 0.3 is 54.1 Å². The first-order valence-corrected chi connectivity index (χ1v) is 3.32. The molecule has 0 aliphatic heterocycles. The Hall–Kier alpha value is 0.832. The Morgan fingerprint density at radius 1 is 1.43 bits per heavy atom. The van der Waals surface area contributed by atoms with Gasteiger partial charge in [0.25, 0.3) is 0 Å². The number of hydrogen-bond acceptors (Lipinski definition) is 2. The van der Waals surface area contributed by atoms with Crippen molar-refractivity contribution in [2.75, 3.05) is 0 Å². The van der Waals surface area contributed by atoms with E-state index in [0.29, 0.717) is 23.0 Å². The fourth-order valence-electron chi connectivity index (χ4n) is 0. The first-order valence-electron chi connectivity index (χ1n) is 0.855. The summed E-state index contributed by atoms with van der Waals surface area (Å²) >= 11 is 0.300. The van der Waals surface area contributed by atoms with Crippen LogP contribution in [0.4, 0.5) is 0 Å². The van der Waals surface area contributed by atoms with Crippen molar-refractivity contribution in [2.45, 2.75) is 0 Å². The Bertz CT molecular complexity index is 47.3. The van der Waals surface area contributed by atoms with Gasteiger partial charge in [-0.2, -0.15) is 0 Å². The summed E-state index contributed by atoms with van der Waals surface area (Å²) in [4.78, 5) is 14.3. The van der Waals surface area contributed by atoms with Gasteiger partial charge in [0, 0.05) is 0 Å². The topological polar surface area (TPSA) is 74.6 Å². The zero-order chi connectivity index (χ0) is 5.58. The summed E-state index contributed by atoms with van der Waals surface area (Å²) in [5, 5.41) is 0. The molecule has 7 heavy (non-hydrogen) atoms. The molecule has 0 aliphatic carbocycles. The monoisotopic (exact) mass is 224 g/mol.